The van der Waals surface area contributed by atoms with E-state index in [1.807, 2.05) is 4.90 Å². The highest BCUT2D eigenvalue weighted by molar-refractivity contribution is 5.78. The molecule has 2 N–H and O–H groups in total. The van der Waals surface area contributed by atoms with Crippen LogP contribution in [0, 0.1) is 5.92 Å². The number of alkyl halides is 2. The number of aliphatic imine (C=N–C) groups is 1. The molecule has 1 saturated heterocycles. The minimum absolute atomic E-state index is 0.0107. The monoisotopic (exact) mass is 231 g/mol. The maximum atomic E-state index is 12.9. The summed E-state index contributed by atoms with van der Waals surface area (Å²) in [5.74, 6) is -1.56. The minimum Gasteiger partial charge on any atom is -0.370 e. The van der Waals surface area contributed by atoms with Crippen LogP contribution in [-0.2, 0) is 0 Å². The summed E-state index contributed by atoms with van der Waals surface area (Å²) in [5, 5.41) is 0. The molecule has 0 aromatic carbocycles. The molecule has 1 aliphatic heterocycles. The first kappa shape index (κ1) is 11.6. The summed E-state index contributed by atoms with van der Waals surface area (Å²) in [5.41, 5.74) is 5.78. The van der Waals surface area contributed by atoms with Crippen molar-refractivity contribution in [3.63, 3.8) is 0 Å². The van der Waals surface area contributed by atoms with Crippen LogP contribution in [0.15, 0.2) is 4.99 Å². The molecule has 3 nitrogen and oxygen atoms in total. The van der Waals surface area contributed by atoms with E-state index >= 15 is 0 Å². The zero-order valence-electron chi connectivity index (χ0n) is 9.46. The first-order valence-electron chi connectivity index (χ1n) is 5.99. The van der Waals surface area contributed by atoms with Gasteiger partial charge in [-0.2, -0.15) is 0 Å². The van der Waals surface area contributed by atoms with Crippen molar-refractivity contribution in [1.29, 1.82) is 0 Å². The summed E-state index contributed by atoms with van der Waals surface area (Å²) in [6, 6.07) is 0. The second kappa shape index (κ2) is 4.55. The van der Waals surface area contributed by atoms with E-state index in [0.717, 1.165) is 13.1 Å². The largest absolute Gasteiger partial charge is 0.370 e. The highest BCUT2D eigenvalue weighted by Gasteiger charge is 2.34. The lowest BCUT2D eigenvalue weighted by molar-refractivity contribution is -0.0446. The molecular formula is C11H19F2N3. The number of hydrogen-bond acceptors (Lipinski definition) is 1. The molecule has 5 heteroatoms. The summed E-state index contributed by atoms with van der Waals surface area (Å²) in [6.45, 7) is 2.58. The molecular weight excluding hydrogens is 212 g/mol. The quantitative estimate of drug-likeness (QED) is 0.582. The van der Waals surface area contributed by atoms with Gasteiger partial charge in [-0.25, -0.2) is 8.78 Å². The molecule has 0 aromatic rings. The van der Waals surface area contributed by atoms with Gasteiger partial charge < -0.3 is 10.6 Å². The lowest BCUT2D eigenvalue weighted by atomic mass is 9.87. The Balaban J connectivity index is 1.74. The highest BCUT2D eigenvalue weighted by atomic mass is 19.3. The Morgan fingerprint density at radius 1 is 1.31 bits per heavy atom. The van der Waals surface area contributed by atoms with Crippen molar-refractivity contribution in [3.8, 4) is 0 Å². The molecule has 2 fully saturated rings. The van der Waals surface area contributed by atoms with Crippen molar-refractivity contribution < 1.29 is 8.78 Å². The van der Waals surface area contributed by atoms with Crippen LogP contribution in [0.4, 0.5) is 8.78 Å². The minimum atomic E-state index is -2.44. The van der Waals surface area contributed by atoms with Gasteiger partial charge in [0.2, 0.25) is 5.92 Å². The zero-order chi connectivity index (χ0) is 11.6. The van der Waals surface area contributed by atoms with Gasteiger partial charge in [-0.3, -0.25) is 4.99 Å². The van der Waals surface area contributed by atoms with Crippen LogP contribution in [0.2, 0.25) is 0 Å². The van der Waals surface area contributed by atoms with Gasteiger partial charge in [0.25, 0.3) is 0 Å². The van der Waals surface area contributed by atoms with Crippen molar-refractivity contribution in [2.24, 2.45) is 16.6 Å². The molecule has 0 unspecified atom stereocenters. The Hall–Kier alpha value is -0.870. The Morgan fingerprint density at radius 3 is 2.44 bits per heavy atom. The van der Waals surface area contributed by atoms with E-state index in [1.54, 1.807) is 0 Å². The van der Waals surface area contributed by atoms with Crippen molar-refractivity contribution in [2.75, 3.05) is 19.6 Å². The topological polar surface area (TPSA) is 41.6 Å². The van der Waals surface area contributed by atoms with Gasteiger partial charge in [0.15, 0.2) is 5.96 Å². The van der Waals surface area contributed by atoms with Gasteiger partial charge in [-0.1, -0.05) is 0 Å². The summed E-state index contributed by atoms with van der Waals surface area (Å²) in [4.78, 5) is 6.32. The Labute approximate surface area is 94.7 Å². The molecule has 1 aliphatic carbocycles. The van der Waals surface area contributed by atoms with Crippen LogP contribution < -0.4 is 5.73 Å². The number of rotatable bonds is 2. The first-order valence-corrected chi connectivity index (χ1v) is 5.99. The Kier molecular flexibility index (Phi) is 3.30. The molecule has 92 valence electrons. The summed E-state index contributed by atoms with van der Waals surface area (Å²) < 4.78 is 25.8. The van der Waals surface area contributed by atoms with Gasteiger partial charge in [0, 0.05) is 32.5 Å². The van der Waals surface area contributed by atoms with Crippen LogP contribution in [0.1, 0.15) is 32.1 Å². The smallest absolute Gasteiger partial charge is 0.248 e. The van der Waals surface area contributed by atoms with Gasteiger partial charge in [0.1, 0.15) is 0 Å². The number of likely N-dealkylation sites (tertiary alicyclic amines) is 1. The number of hydrogen-bond donors (Lipinski definition) is 1. The normalized spacial score (nSPS) is 26.6. The van der Waals surface area contributed by atoms with E-state index in [-0.39, 0.29) is 12.8 Å². The van der Waals surface area contributed by atoms with E-state index in [0.29, 0.717) is 31.3 Å². The molecule has 2 rings (SSSR count). The molecule has 2 aliphatic rings. The standard InChI is InChI=1S/C11H19F2N3/c12-11(13)4-2-9(3-5-11)8-15-10(14)16-6-1-7-16/h9H,1-8H2,(H2,14,15). The fourth-order valence-electron chi connectivity index (χ4n) is 2.15. The third-order valence-corrected chi connectivity index (χ3v) is 3.53. The van der Waals surface area contributed by atoms with E-state index < -0.39 is 5.92 Å². The van der Waals surface area contributed by atoms with Crippen LogP contribution in [-0.4, -0.2) is 36.4 Å². The number of nitrogens with two attached hydrogens (primary N) is 1. The van der Waals surface area contributed by atoms with Gasteiger partial charge >= 0.3 is 0 Å². The second-order valence-corrected chi connectivity index (χ2v) is 4.84. The molecule has 0 atom stereocenters. The first-order chi connectivity index (χ1) is 7.57. The second-order valence-electron chi connectivity index (χ2n) is 4.84. The summed E-state index contributed by atoms with van der Waals surface area (Å²) in [6.07, 6.45) is 2.34. The summed E-state index contributed by atoms with van der Waals surface area (Å²) in [7, 11) is 0. The van der Waals surface area contributed by atoms with Gasteiger partial charge in [-0.15, -0.1) is 0 Å². The van der Waals surface area contributed by atoms with Gasteiger partial charge in [-0.05, 0) is 25.2 Å². The van der Waals surface area contributed by atoms with Crippen molar-refractivity contribution in [2.45, 2.75) is 38.0 Å². The van der Waals surface area contributed by atoms with E-state index in [2.05, 4.69) is 4.99 Å². The van der Waals surface area contributed by atoms with E-state index in [4.69, 9.17) is 5.73 Å². The third kappa shape index (κ3) is 2.83. The van der Waals surface area contributed by atoms with Crippen LogP contribution in [0.3, 0.4) is 0 Å². The van der Waals surface area contributed by atoms with Crippen molar-refractivity contribution in [3.05, 3.63) is 0 Å². The fraction of sp³-hybridized carbons (Fsp3) is 0.909. The highest BCUT2D eigenvalue weighted by Crippen LogP contribution is 2.36. The van der Waals surface area contributed by atoms with Crippen molar-refractivity contribution in [1.82, 2.24) is 4.90 Å². The summed E-state index contributed by atoms with van der Waals surface area (Å²) >= 11 is 0. The number of halogens is 2. The number of nitrogens with zero attached hydrogens (tertiary/aromatic N) is 2. The van der Waals surface area contributed by atoms with Gasteiger partial charge in [0.05, 0.1) is 0 Å². The van der Waals surface area contributed by atoms with Crippen LogP contribution in [0.5, 0.6) is 0 Å². The zero-order valence-corrected chi connectivity index (χ0v) is 9.46. The number of guanidine groups is 1. The van der Waals surface area contributed by atoms with Crippen molar-refractivity contribution >= 4 is 5.96 Å². The molecule has 16 heavy (non-hydrogen) atoms. The maximum Gasteiger partial charge on any atom is 0.248 e. The predicted octanol–water partition coefficient (Wildman–Crippen LogP) is 1.83. The fourth-order valence-corrected chi connectivity index (χ4v) is 2.15. The maximum absolute atomic E-state index is 12.9. The molecule has 1 saturated carbocycles. The SMILES string of the molecule is NC(=NCC1CCC(F)(F)CC1)N1CCC1. The molecule has 1 heterocycles. The lowest BCUT2D eigenvalue weighted by Crippen LogP contribution is -2.46. The third-order valence-electron chi connectivity index (χ3n) is 3.53. The average molecular weight is 231 g/mol. The predicted molar refractivity (Wildman–Crippen MR) is 59.6 cm³/mol. The molecule has 0 radical (unpaired) electrons. The Morgan fingerprint density at radius 2 is 1.94 bits per heavy atom. The van der Waals surface area contributed by atoms with Crippen LogP contribution in [0.25, 0.3) is 0 Å². The van der Waals surface area contributed by atoms with E-state index in [1.165, 1.54) is 6.42 Å². The lowest BCUT2D eigenvalue weighted by Gasteiger charge is -2.32. The molecule has 0 spiro atoms. The average Bonchev–Trinajstić information content (AvgIpc) is 2.13. The molecule has 0 aromatic heterocycles. The molecule has 0 amide bonds. The molecule has 0 bridgehead atoms. The Bertz CT molecular complexity index is 264. The van der Waals surface area contributed by atoms with Crippen LogP contribution >= 0.6 is 0 Å². The van der Waals surface area contributed by atoms with E-state index in [9.17, 15) is 8.78 Å².